The quantitative estimate of drug-likeness (QED) is 0.644. The van der Waals surface area contributed by atoms with Crippen molar-refractivity contribution in [1.29, 1.82) is 0 Å². The number of likely N-dealkylation sites (N-methyl/N-ethyl adjacent to an activating group) is 1. The van der Waals surface area contributed by atoms with Gasteiger partial charge in [0.15, 0.2) is 0 Å². The van der Waals surface area contributed by atoms with Crippen LogP contribution in [0.15, 0.2) is 0 Å². The maximum Gasteiger partial charge on any atom is 0.324 e. The van der Waals surface area contributed by atoms with Gasteiger partial charge in [-0.1, -0.05) is 6.92 Å². The van der Waals surface area contributed by atoms with Crippen LogP contribution >= 0.6 is 0 Å². The number of carboxylic acids is 1. The Hall–Kier alpha value is -0.570. The molecule has 1 rings (SSSR count). The number of rotatable bonds is 2. The van der Waals surface area contributed by atoms with Crippen LogP contribution < -0.4 is 0 Å². The summed E-state index contributed by atoms with van der Waals surface area (Å²) < 4.78 is 0. The molecule has 0 bridgehead atoms. The molecule has 0 aliphatic heterocycles. The summed E-state index contributed by atoms with van der Waals surface area (Å²) in [5, 5.41) is 8.93. The zero-order valence-corrected chi connectivity index (χ0v) is 7.29. The molecule has 1 aliphatic carbocycles. The van der Waals surface area contributed by atoms with E-state index in [2.05, 4.69) is 6.92 Å². The standard InChI is InChI=1S/C8H15NO2/c1-6-4-8(5-6,7(10)11)9(2)3/h6H,4-5H2,1-3H3,(H,10,11). The minimum absolute atomic E-state index is 0.556. The Labute approximate surface area is 67.0 Å². The predicted octanol–water partition coefficient (Wildman–Crippen LogP) is 0.801. The number of carbonyl (C=O) groups is 1. The lowest BCUT2D eigenvalue weighted by Gasteiger charge is -2.47. The first-order valence-corrected chi connectivity index (χ1v) is 3.90. The van der Waals surface area contributed by atoms with Crippen LogP contribution in [0.1, 0.15) is 19.8 Å². The van der Waals surface area contributed by atoms with E-state index in [-0.39, 0.29) is 0 Å². The minimum atomic E-state index is -0.680. The summed E-state index contributed by atoms with van der Waals surface area (Å²) in [7, 11) is 3.67. The van der Waals surface area contributed by atoms with Gasteiger partial charge in [-0.15, -0.1) is 0 Å². The highest BCUT2D eigenvalue weighted by Crippen LogP contribution is 2.41. The van der Waals surface area contributed by atoms with Gasteiger partial charge in [-0.3, -0.25) is 9.69 Å². The van der Waals surface area contributed by atoms with Crippen molar-refractivity contribution >= 4 is 5.97 Å². The van der Waals surface area contributed by atoms with Crippen molar-refractivity contribution in [2.45, 2.75) is 25.3 Å². The second-order valence-corrected chi connectivity index (χ2v) is 3.74. The van der Waals surface area contributed by atoms with E-state index < -0.39 is 11.5 Å². The first-order valence-electron chi connectivity index (χ1n) is 3.90. The summed E-state index contributed by atoms with van der Waals surface area (Å²) in [6.45, 7) is 2.09. The Balaban J connectivity index is 2.69. The van der Waals surface area contributed by atoms with Gasteiger partial charge >= 0.3 is 5.97 Å². The molecule has 0 aromatic carbocycles. The average Bonchev–Trinajstić information content (AvgIpc) is 1.78. The SMILES string of the molecule is CC1CC(C(=O)O)(N(C)C)C1. The van der Waals surface area contributed by atoms with Crippen LogP contribution in [0, 0.1) is 5.92 Å². The highest BCUT2D eigenvalue weighted by molar-refractivity contribution is 5.80. The van der Waals surface area contributed by atoms with Crippen LogP contribution in [0.4, 0.5) is 0 Å². The summed E-state index contributed by atoms with van der Waals surface area (Å²) in [6, 6.07) is 0. The fraction of sp³-hybridized carbons (Fsp3) is 0.875. The van der Waals surface area contributed by atoms with Gasteiger partial charge in [-0.05, 0) is 32.9 Å². The van der Waals surface area contributed by atoms with E-state index in [1.165, 1.54) is 0 Å². The second-order valence-electron chi connectivity index (χ2n) is 3.74. The van der Waals surface area contributed by atoms with E-state index in [1.807, 2.05) is 19.0 Å². The molecule has 0 saturated heterocycles. The third kappa shape index (κ3) is 1.13. The van der Waals surface area contributed by atoms with Crippen molar-refractivity contribution < 1.29 is 9.90 Å². The third-order valence-corrected chi connectivity index (χ3v) is 2.63. The van der Waals surface area contributed by atoms with Crippen LogP contribution in [-0.2, 0) is 4.79 Å². The van der Waals surface area contributed by atoms with Gasteiger partial charge in [-0.25, -0.2) is 0 Å². The maximum absolute atomic E-state index is 10.8. The lowest BCUT2D eigenvalue weighted by atomic mass is 9.68. The normalized spacial score (nSPS) is 36.9. The second kappa shape index (κ2) is 2.48. The smallest absolute Gasteiger partial charge is 0.324 e. The zero-order valence-electron chi connectivity index (χ0n) is 7.29. The Kier molecular flexibility index (Phi) is 1.92. The highest BCUT2D eigenvalue weighted by atomic mass is 16.4. The van der Waals surface area contributed by atoms with Crippen molar-refractivity contribution in [3.8, 4) is 0 Å². The average molecular weight is 157 g/mol. The van der Waals surface area contributed by atoms with Gasteiger partial charge in [0.2, 0.25) is 0 Å². The molecule has 0 amide bonds. The molecule has 0 radical (unpaired) electrons. The third-order valence-electron chi connectivity index (χ3n) is 2.63. The molecule has 3 heteroatoms. The predicted molar refractivity (Wildman–Crippen MR) is 42.5 cm³/mol. The van der Waals surface area contributed by atoms with E-state index in [0.29, 0.717) is 5.92 Å². The number of aliphatic carboxylic acids is 1. The molecule has 1 fully saturated rings. The fourth-order valence-corrected chi connectivity index (χ4v) is 1.82. The van der Waals surface area contributed by atoms with Gasteiger partial charge in [0.05, 0.1) is 0 Å². The van der Waals surface area contributed by atoms with Gasteiger partial charge in [0.25, 0.3) is 0 Å². The highest BCUT2D eigenvalue weighted by Gasteiger charge is 2.50. The molecule has 0 spiro atoms. The number of nitrogens with zero attached hydrogens (tertiary/aromatic N) is 1. The molecular formula is C8H15NO2. The van der Waals surface area contributed by atoms with Crippen LogP contribution in [0.25, 0.3) is 0 Å². The molecule has 0 heterocycles. The van der Waals surface area contributed by atoms with E-state index in [4.69, 9.17) is 5.11 Å². The maximum atomic E-state index is 10.8. The first-order chi connectivity index (χ1) is 4.99. The van der Waals surface area contributed by atoms with Gasteiger partial charge in [0, 0.05) is 0 Å². The summed E-state index contributed by atoms with van der Waals surface area (Å²) >= 11 is 0. The molecule has 0 aromatic heterocycles. The molecule has 0 unspecified atom stereocenters. The van der Waals surface area contributed by atoms with Crippen molar-refractivity contribution in [3.63, 3.8) is 0 Å². The molecule has 0 aromatic rings. The molecule has 64 valence electrons. The summed E-state index contributed by atoms with van der Waals surface area (Å²) in [6.07, 6.45) is 1.57. The summed E-state index contributed by atoms with van der Waals surface area (Å²) in [5.74, 6) is -0.117. The van der Waals surface area contributed by atoms with E-state index in [1.54, 1.807) is 0 Å². The largest absolute Gasteiger partial charge is 0.480 e. The Morgan fingerprint density at radius 1 is 1.55 bits per heavy atom. The lowest BCUT2D eigenvalue weighted by molar-refractivity contribution is -0.159. The lowest BCUT2D eigenvalue weighted by Crippen LogP contribution is -2.59. The number of hydrogen-bond donors (Lipinski definition) is 1. The molecule has 11 heavy (non-hydrogen) atoms. The minimum Gasteiger partial charge on any atom is -0.480 e. The fourth-order valence-electron chi connectivity index (χ4n) is 1.82. The number of carboxylic acid groups (broad SMARTS) is 1. The Morgan fingerprint density at radius 3 is 2.09 bits per heavy atom. The van der Waals surface area contributed by atoms with E-state index in [0.717, 1.165) is 12.8 Å². The Morgan fingerprint density at radius 2 is 2.00 bits per heavy atom. The van der Waals surface area contributed by atoms with Crippen molar-refractivity contribution in [3.05, 3.63) is 0 Å². The van der Waals surface area contributed by atoms with E-state index >= 15 is 0 Å². The molecule has 1 saturated carbocycles. The van der Waals surface area contributed by atoms with E-state index in [9.17, 15) is 4.79 Å². The molecule has 1 aliphatic rings. The zero-order chi connectivity index (χ0) is 8.65. The van der Waals surface area contributed by atoms with Crippen LogP contribution in [-0.4, -0.2) is 35.6 Å². The number of hydrogen-bond acceptors (Lipinski definition) is 2. The molecule has 0 atom stereocenters. The Bertz CT molecular complexity index is 171. The van der Waals surface area contributed by atoms with Crippen LogP contribution in [0.2, 0.25) is 0 Å². The van der Waals surface area contributed by atoms with Crippen molar-refractivity contribution in [2.24, 2.45) is 5.92 Å². The van der Waals surface area contributed by atoms with Crippen LogP contribution in [0.3, 0.4) is 0 Å². The molecule has 1 N–H and O–H groups in total. The monoisotopic (exact) mass is 157 g/mol. The summed E-state index contributed by atoms with van der Waals surface area (Å²) in [5.41, 5.74) is -0.556. The van der Waals surface area contributed by atoms with Crippen LogP contribution in [0.5, 0.6) is 0 Å². The first kappa shape index (κ1) is 8.53. The topological polar surface area (TPSA) is 40.5 Å². The van der Waals surface area contributed by atoms with Gasteiger partial charge < -0.3 is 5.11 Å². The van der Waals surface area contributed by atoms with Crippen molar-refractivity contribution in [2.75, 3.05) is 14.1 Å². The van der Waals surface area contributed by atoms with Crippen molar-refractivity contribution in [1.82, 2.24) is 4.90 Å². The van der Waals surface area contributed by atoms with Gasteiger partial charge in [-0.2, -0.15) is 0 Å². The molecular weight excluding hydrogens is 142 g/mol. The molecule has 3 nitrogen and oxygen atoms in total. The summed E-state index contributed by atoms with van der Waals surface area (Å²) in [4.78, 5) is 12.7. The van der Waals surface area contributed by atoms with Gasteiger partial charge in [0.1, 0.15) is 5.54 Å².